The summed E-state index contributed by atoms with van der Waals surface area (Å²) in [5.74, 6) is -1.19. The van der Waals surface area contributed by atoms with Crippen molar-refractivity contribution in [2.75, 3.05) is 7.11 Å². The van der Waals surface area contributed by atoms with Gasteiger partial charge in [0, 0.05) is 12.6 Å². The molecule has 1 fully saturated rings. The lowest BCUT2D eigenvalue weighted by Crippen LogP contribution is -2.33. The van der Waals surface area contributed by atoms with Crippen molar-refractivity contribution in [2.45, 2.75) is 25.9 Å². The van der Waals surface area contributed by atoms with Gasteiger partial charge in [0.1, 0.15) is 5.92 Å². The van der Waals surface area contributed by atoms with Gasteiger partial charge >= 0.3 is 5.97 Å². The van der Waals surface area contributed by atoms with Crippen LogP contribution in [0, 0.1) is 5.92 Å². The quantitative estimate of drug-likeness (QED) is 0.602. The van der Waals surface area contributed by atoms with Gasteiger partial charge in [-0.1, -0.05) is 30.3 Å². The van der Waals surface area contributed by atoms with E-state index in [0.717, 1.165) is 5.56 Å². The summed E-state index contributed by atoms with van der Waals surface area (Å²) >= 11 is 0. The summed E-state index contributed by atoms with van der Waals surface area (Å²) in [6.07, 6.45) is 0.540. The van der Waals surface area contributed by atoms with E-state index in [1.54, 1.807) is 4.90 Å². The molecule has 2 atom stereocenters. The van der Waals surface area contributed by atoms with Crippen LogP contribution in [0.4, 0.5) is 0 Å². The molecule has 1 aromatic rings. The molecule has 1 saturated heterocycles. The fourth-order valence-electron chi connectivity index (χ4n) is 2.34. The van der Waals surface area contributed by atoms with Crippen molar-refractivity contribution in [3.63, 3.8) is 0 Å². The average Bonchev–Trinajstić information content (AvgIpc) is 2.67. The summed E-state index contributed by atoms with van der Waals surface area (Å²) in [5.41, 5.74) is 1.07. The van der Waals surface area contributed by atoms with Crippen molar-refractivity contribution in [2.24, 2.45) is 5.92 Å². The van der Waals surface area contributed by atoms with E-state index in [1.165, 1.54) is 7.11 Å². The van der Waals surface area contributed by atoms with Crippen molar-refractivity contribution < 1.29 is 14.3 Å². The van der Waals surface area contributed by atoms with Crippen LogP contribution in [0.15, 0.2) is 30.3 Å². The Balaban J connectivity index is 2.10. The molecule has 0 aromatic heterocycles. The number of likely N-dealkylation sites (tertiary alicyclic amines) is 1. The Morgan fingerprint density at radius 2 is 2.06 bits per heavy atom. The van der Waals surface area contributed by atoms with Gasteiger partial charge in [0.2, 0.25) is 5.91 Å². The minimum atomic E-state index is -0.631. The predicted octanol–water partition coefficient (Wildman–Crippen LogP) is 1.60. The lowest BCUT2D eigenvalue weighted by molar-refractivity contribution is -0.150. The van der Waals surface area contributed by atoms with Gasteiger partial charge in [-0.2, -0.15) is 0 Å². The van der Waals surface area contributed by atoms with Crippen LogP contribution in [-0.4, -0.2) is 29.9 Å². The molecule has 1 aromatic carbocycles. The van der Waals surface area contributed by atoms with Crippen LogP contribution in [0.25, 0.3) is 0 Å². The SMILES string of the molecule is COC(=O)[C@H]1C[C@@H](C)N(Cc2ccccc2)C1=O. The summed E-state index contributed by atoms with van der Waals surface area (Å²) in [4.78, 5) is 25.4. The van der Waals surface area contributed by atoms with Gasteiger partial charge in [0.15, 0.2) is 0 Å². The van der Waals surface area contributed by atoms with Crippen LogP contribution in [0.3, 0.4) is 0 Å². The van der Waals surface area contributed by atoms with E-state index in [4.69, 9.17) is 0 Å². The molecule has 96 valence electrons. The normalized spacial score (nSPS) is 23.2. The fourth-order valence-corrected chi connectivity index (χ4v) is 2.34. The summed E-state index contributed by atoms with van der Waals surface area (Å²) < 4.78 is 4.66. The van der Waals surface area contributed by atoms with Crippen molar-refractivity contribution in [1.29, 1.82) is 0 Å². The monoisotopic (exact) mass is 247 g/mol. The van der Waals surface area contributed by atoms with Gasteiger partial charge in [0.25, 0.3) is 0 Å². The number of carbonyl (C=O) groups is 2. The van der Waals surface area contributed by atoms with E-state index >= 15 is 0 Å². The number of ether oxygens (including phenoxy) is 1. The molecular formula is C14H17NO3. The molecule has 0 radical (unpaired) electrons. The van der Waals surface area contributed by atoms with Gasteiger partial charge in [-0.15, -0.1) is 0 Å². The number of benzene rings is 1. The maximum absolute atomic E-state index is 12.1. The smallest absolute Gasteiger partial charge is 0.318 e. The molecule has 1 heterocycles. The first kappa shape index (κ1) is 12.6. The Bertz CT molecular complexity index is 444. The molecule has 4 nitrogen and oxygen atoms in total. The highest BCUT2D eigenvalue weighted by Gasteiger charge is 2.41. The largest absolute Gasteiger partial charge is 0.468 e. The van der Waals surface area contributed by atoms with E-state index in [0.29, 0.717) is 13.0 Å². The van der Waals surface area contributed by atoms with Crippen LogP contribution in [0.5, 0.6) is 0 Å². The number of hydrogen-bond acceptors (Lipinski definition) is 3. The van der Waals surface area contributed by atoms with Crippen molar-refractivity contribution in [1.82, 2.24) is 4.90 Å². The van der Waals surface area contributed by atoms with Crippen LogP contribution in [0.1, 0.15) is 18.9 Å². The number of esters is 1. The Kier molecular flexibility index (Phi) is 3.65. The lowest BCUT2D eigenvalue weighted by atomic mass is 10.1. The van der Waals surface area contributed by atoms with E-state index in [-0.39, 0.29) is 11.9 Å². The summed E-state index contributed by atoms with van der Waals surface area (Å²) in [5, 5.41) is 0. The van der Waals surface area contributed by atoms with Crippen molar-refractivity contribution in [3.05, 3.63) is 35.9 Å². The Morgan fingerprint density at radius 1 is 1.39 bits per heavy atom. The molecule has 0 N–H and O–H groups in total. The Morgan fingerprint density at radius 3 is 2.67 bits per heavy atom. The second-order valence-electron chi connectivity index (χ2n) is 4.61. The van der Waals surface area contributed by atoms with Gasteiger partial charge in [-0.3, -0.25) is 9.59 Å². The molecule has 0 saturated carbocycles. The van der Waals surface area contributed by atoms with E-state index < -0.39 is 11.9 Å². The number of hydrogen-bond donors (Lipinski definition) is 0. The fraction of sp³-hybridized carbons (Fsp3) is 0.429. The van der Waals surface area contributed by atoms with Crippen LogP contribution >= 0.6 is 0 Å². The molecule has 0 spiro atoms. The van der Waals surface area contributed by atoms with E-state index in [2.05, 4.69) is 4.74 Å². The molecule has 1 aliphatic rings. The zero-order valence-corrected chi connectivity index (χ0v) is 10.6. The predicted molar refractivity (Wildman–Crippen MR) is 66.6 cm³/mol. The number of rotatable bonds is 3. The molecule has 0 aliphatic carbocycles. The van der Waals surface area contributed by atoms with Gasteiger partial charge in [-0.25, -0.2) is 0 Å². The third kappa shape index (κ3) is 2.37. The third-order valence-electron chi connectivity index (χ3n) is 3.37. The highest BCUT2D eigenvalue weighted by molar-refractivity contribution is 5.99. The van der Waals surface area contributed by atoms with Gasteiger partial charge < -0.3 is 9.64 Å². The zero-order chi connectivity index (χ0) is 13.1. The van der Waals surface area contributed by atoms with E-state index in [9.17, 15) is 9.59 Å². The molecule has 0 bridgehead atoms. The van der Waals surface area contributed by atoms with Crippen LogP contribution < -0.4 is 0 Å². The number of methoxy groups -OCH3 is 1. The Labute approximate surface area is 107 Å². The van der Waals surface area contributed by atoms with Gasteiger partial charge in [-0.05, 0) is 18.9 Å². The zero-order valence-electron chi connectivity index (χ0n) is 10.6. The number of carbonyl (C=O) groups excluding carboxylic acids is 2. The first-order valence-corrected chi connectivity index (χ1v) is 6.05. The lowest BCUT2D eigenvalue weighted by Gasteiger charge is -2.21. The summed E-state index contributed by atoms with van der Waals surface area (Å²) in [6, 6.07) is 9.85. The summed E-state index contributed by atoms with van der Waals surface area (Å²) in [7, 11) is 1.32. The third-order valence-corrected chi connectivity index (χ3v) is 3.37. The van der Waals surface area contributed by atoms with E-state index in [1.807, 2.05) is 37.3 Å². The molecule has 4 heteroatoms. The van der Waals surface area contributed by atoms with Crippen molar-refractivity contribution >= 4 is 11.9 Å². The molecule has 0 unspecified atom stereocenters. The van der Waals surface area contributed by atoms with Crippen LogP contribution in [-0.2, 0) is 20.9 Å². The van der Waals surface area contributed by atoms with Crippen molar-refractivity contribution in [3.8, 4) is 0 Å². The maximum atomic E-state index is 12.1. The topological polar surface area (TPSA) is 46.6 Å². The number of nitrogens with zero attached hydrogens (tertiary/aromatic N) is 1. The highest BCUT2D eigenvalue weighted by Crippen LogP contribution is 2.27. The highest BCUT2D eigenvalue weighted by atomic mass is 16.5. The molecule has 2 rings (SSSR count). The average molecular weight is 247 g/mol. The minimum absolute atomic E-state index is 0.0711. The van der Waals surface area contributed by atoms with Crippen LogP contribution in [0.2, 0.25) is 0 Å². The first-order chi connectivity index (χ1) is 8.63. The second-order valence-corrected chi connectivity index (χ2v) is 4.61. The maximum Gasteiger partial charge on any atom is 0.318 e. The Hall–Kier alpha value is -1.84. The molecule has 1 amide bonds. The first-order valence-electron chi connectivity index (χ1n) is 6.05. The van der Waals surface area contributed by atoms with Gasteiger partial charge in [0.05, 0.1) is 7.11 Å². The number of amides is 1. The standard InChI is InChI=1S/C14H17NO3/c1-10-8-12(14(17)18-2)13(16)15(10)9-11-6-4-3-5-7-11/h3-7,10,12H,8-9H2,1-2H3/t10-,12+/m1/s1. The second kappa shape index (κ2) is 5.21. The molecule has 18 heavy (non-hydrogen) atoms. The minimum Gasteiger partial charge on any atom is -0.468 e. The summed E-state index contributed by atoms with van der Waals surface area (Å²) in [6.45, 7) is 2.51. The molecule has 1 aliphatic heterocycles. The molecular weight excluding hydrogens is 230 g/mol.